The van der Waals surface area contributed by atoms with Crippen molar-refractivity contribution in [3.8, 4) is 5.75 Å². The third-order valence-electron chi connectivity index (χ3n) is 2.83. The van der Waals surface area contributed by atoms with Crippen LogP contribution in [-0.2, 0) is 4.74 Å². The van der Waals surface area contributed by atoms with Gasteiger partial charge in [-0.15, -0.1) is 0 Å². The van der Waals surface area contributed by atoms with Crippen LogP contribution in [0.5, 0.6) is 5.75 Å². The van der Waals surface area contributed by atoms with Gasteiger partial charge < -0.3 is 15.2 Å². The van der Waals surface area contributed by atoms with E-state index in [1.165, 1.54) is 0 Å². The number of methoxy groups -OCH3 is 1. The Morgan fingerprint density at radius 1 is 1.60 bits per heavy atom. The highest BCUT2D eigenvalue weighted by Crippen LogP contribution is 2.27. The minimum absolute atomic E-state index is 0.00454. The van der Waals surface area contributed by atoms with E-state index in [2.05, 4.69) is 4.98 Å². The zero-order valence-electron chi connectivity index (χ0n) is 8.85. The summed E-state index contributed by atoms with van der Waals surface area (Å²) in [5.41, 5.74) is 7.17. The molecule has 1 aromatic rings. The van der Waals surface area contributed by atoms with Crippen molar-refractivity contribution in [2.45, 2.75) is 12.5 Å². The van der Waals surface area contributed by atoms with Gasteiger partial charge in [-0.05, 0) is 18.1 Å². The van der Waals surface area contributed by atoms with Gasteiger partial charge in [-0.2, -0.15) is 0 Å². The van der Waals surface area contributed by atoms with Crippen LogP contribution in [0.1, 0.15) is 18.0 Å². The molecule has 1 fully saturated rings. The van der Waals surface area contributed by atoms with Crippen LogP contribution in [0.25, 0.3) is 0 Å². The lowest BCUT2D eigenvalue weighted by Gasteiger charge is -2.17. The van der Waals surface area contributed by atoms with E-state index in [0.29, 0.717) is 5.92 Å². The van der Waals surface area contributed by atoms with Gasteiger partial charge >= 0.3 is 0 Å². The fraction of sp³-hybridized carbons (Fsp3) is 0.545. The third-order valence-corrected chi connectivity index (χ3v) is 2.83. The fourth-order valence-corrected chi connectivity index (χ4v) is 1.84. The van der Waals surface area contributed by atoms with Crippen LogP contribution in [0, 0.1) is 5.92 Å². The molecule has 82 valence electrons. The standard InChI is InChI=1S/C11H16N2O2/c1-14-10-4-9(5-13-6-10)11(12)8-2-3-15-7-8/h4-6,8,11H,2-3,7,12H2,1H3. The molecule has 1 aromatic heterocycles. The van der Waals surface area contributed by atoms with E-state index in [9.17, 15) is 0 Å². The second-order valence-electron chi connectivity index (χ2n) is 3.81. The van der Waals surface area contributed by atoms with E-state index in [0.717, 1.165) is 30.9 Å². The van der Waals surface area contributed by atoms with E-state index >= 15 is 0 Å². The lowest BCUT2D eigenvalue weighted by molar-refractivity contribution is 0.181. The molecule has 0 amide bonds. The summed E-state index contributed by atoms with van der Waals surface area (Å²) in [5, 5.41) is 0. The van der Waals surface area contributed by atoms with Gasteiger partial charge in [-0.3, -0.25) is 4.98 Å². The van der Waals surface area contributed by atoms with Crippen molar-refractivity contribution in [1.82, 2.24) is 4.98 Å². The molecule has 2 heterocycles. The van der Waals surface area contributed by atoms with Crippen molar-refractivity contribution in [3.05, 3.63) is 24.0 Å². The summed E-state index contributed by atoms with van der Waals surface area (Å²) < 4.78 is 10.4. The predicted octanol–water partition coefficient (Wildman–Crippen LogP) is 1.13. The van der Waals surface area contributed by atoms with Crippen molar-refractivity contribution >= 4 is 0 Å². The Kier molecular flexibility index (Phi) is 3.18. The predicted molar refractivity (Wildman–Crippen MR) is 56.6 cm³/mol. The summed E-state index contributed by atoms with van der Waals surface area (Å²) in [4.78, 5) is 4.10. The van der Waals surface area contributed by atoms with Gasteiger partial charge in [0.15, 0.2) is 0 Å². The fourth-order valence-electron chi connectivity index (χ4n) is 1.84. The van der Waals surface area contributed by atoms with Crippen LogP contribution in [0.2, 0.25) is 0 Å². The molecule has 15 heavy (non-hydrogen) atoms. The number of hydrogen-bond donors (Lipinski definition) is 1. The van der Waals surface area contributed by atoms with Crippen molar-refractivity contribution in [2.75, 3.05) is 20.3 Å². The van der Waals surface area contributed by atoms with Gasteiger partial charge in [0.1, 0.15) is 5.75 Å². The van der Waals surface area contributed by atoms with Gasteiger partial charge in [0.05, 0.1) is 19.9 Å². The maximum atomic E-state index is 6.15. The van der Waals surface area contributed by atoms with Gasteiger partial charge in [0, 0.05) is 24.8 Å². The maximum Gasteiger partial charge on any atom is 0.137 e. The second-order valence-corrected chi connectivity index (χ2v) is 3.81. The van der Waals surface area contributed by atoms with E-state index < -0.39 is 0 Å². The van der Waals surface area contributed by atoms with Gasteiger partial charge in [0.2, 0.25) is 0 Å². The quantitative estimate of drug-likeness (QED) is 0.809. The van der Waals surface area contributed by atoms with Crippen LogP contribution in [-0.4, -0.2) is 25.3 Å². The first kappa shape index (κ1) is 10.4. The Balaban J connectivity index is 2.13. The monoisotopic (exact) mass is 208 g/mol. The smallest absolute Gasteiger partial charge is 0.137 e. The summed E-state index contributed by atoms with van der Waals surface area (Å²) in [5.74, 6) is 1.15. The summed E-state index contributed by atoms with van der Waals surface area (Å²) in [6.07, 6.45) is 4.51. The van der Waals surface area contributed by atoms with Crippen LogP contribution in [0.4, 0.5) is 0 Å². The van der Waals surface area contributed by atoms with Gasteiger partial charge in [-0.25, -0.2) is 0 Å². The molecule has 2 rings (SSSR count). The number of pyridine rings is 1. The molecule has 2 N–H and O–H groups in total. The average molecular weight is 208 g/mol. The maximum absolute atomic E-state index is 6.15. The molecule has 4 heteroatoms. The van der Waals surface area contributed by atoms with Crippen molar-refractivity contribution in [3.63, 3.8) is 0 Å². The number of nitrogens with zero attached hydrogens (tertiary/aromatic N) is 1. The lowest BCUT2D eigenvalue weighted by Crippen LogP contribution is -2.21. The van der Waals surface area contributed by atoms with E-state index in [1.54, 1.807) is 19.5 Å². The number of hydrogen-bond acceptors (Lipinski definition) is 4. The van der Waals surface area contributed by atoms with Crippen LogP contribution in [0.3, 0.4) is 0 Å². The molecule has 0 aliphatic carbocycles. The number of rotatable bonds is 3. The zero-order valence-corrected chi connectivity index (χ0v) is 8.85. The molecule has 1 aliphatic heterocycles. The molecule has 1 aliphatic rings. The minimum atomic E-state index is -0.00454. The Hall–Kier alpha value is -1.13. The Morgan fingerprint density at radius 2 is 2.47 bits per heavy atom. The van der Waals surface area contributed by atoms with E-state index in [4.69, 9.17) is 15.2 Å². The highest BCUT2D eigenvalue weighted by atomic mass is 16.5. The van der Waals surface area contributed by atoms with E-state index in [1.807, 2.05) is 6.07 Å². The molecular weight excluding hydrogens is 192 g/mol. The summed E-state index contributed by atoms with van der Waals surface area (Å²) in [6, 6.07) is 1.94. The summed E-state index contributed by atoms with van der Waals surface area (Å²) >= 11 is 0. The van der Waals surface area contributed by atoms with Gasteiger partial charge in [-0.1, -0.05) is 0 Å². The van der Waals surface area contributed by atoms with E-state index in [-0.39, 0.29) is 6.04 Å². The van der Waals surface area contributed by atoms with Crippen molar-refractivity contribution in [2.24, 2.45) is 11.7 Å². The highest BCUT2D eigenvalue weighted by Gasteiger charge is 2.24. The Labute approximate surface area is 89.4 Å². The first-order valence-electron chi connectivity index (χ1n) is 5.13. The van der Waals surface area contributed by atoms with Gasteiger partial charge in [0.25, 0.3) is 0 Å². The van der Waals surface area contributed by atoms with Crippen LogP contribution in [0.15, 0.2) is 18.5 Å². The van der Waals surface area contributed by atoms with Crippen LogP contribution >= 0.6 is 0 Å². The first-order chi connectivity index (χ1) is 7.31. The second kappa shape index (κ2) is 4.59. The minimum Gasteiger partial charge on any atom is -0.495 e. The summed E-state index contributed by atoms with van der Waals surface area (Å²) in [7, 11) is 1.63. The molecule has 0 radical (unpaired) electrons. The molecule has 0 bridgehead atoms. The molecule has 2 atom stereocenters. The SMILES string of the molecule is COc1cncc(C(N)C2CCOC2)c1. The number of nitrogens with two attached hydrogens (primary N) is 1. The Morgan fingerprint density at radius 3 is 3.13 bits per heavy atom. The van der Waals surface area contributed by atoms with Crippen LogP contribution < -0.4 is 10.5 Å². The first-order valence-corrected chi connectivity index (χ1v) is 5.13. The molecule has 4 nitrogen and oxygen atoms in total. The largest absolute Gasteiger partial charge is 0.495 e. The normalized spacial score (nSPS) is 22.7. The number of aromatic nitrogens is 1. The molecular formula is C11H16N2O2. The Bertz CT molecular complexity index is 324. The molecule has 0 saturated carbocycles. The molecule has 0 aromatic carbocycles. The average Bonchev–Trinajstić information content (AvgIpc) is 2.81. The molecule has 0 spiro atoms. The molecule has 2 unspecified atom stereocenters. The topological polar surface area (TPSA) is 57.4 Å². The third kappa shape index (κ3) is 2.27. The van der Waals surface area contributed by atoms with Crippen molar-refractivity contribution < 1.29 is 9.47 Å². The van der Waals surface area contributed by atoms with Crippen molar-refractivity contribution in [1.29, 1.82) is 0 Å². The summed E-state index contributed by atoms with van der Waals surface area (Å²) in [6.45, 7) is 1.56. The highest BCUT2D eigenvalue weighted by molar-refractivity contribution is 5.26. The molecule has 1 saturated heterocycles. The number of ether oxygens (including phenoxy) is 2. The lowest BCUT2D eigenvalue weighted by atomic mass is 9.94. The zero-order chi connectivity index (χ0) is 10.7.